The van der Waals surface area contributed by atoms with Crippen molar-refractivity contribution in [2.45, 2.75) is 39.8 Å². The Labute approximate surface area is 175 Å². The fourth-order valence-electron chi connectivity index (χ4n) is 4.02. The minimum absolute atomic E-state index is 0.0787. The molecule has 1 aliphatic rings. The van der Waals surface area contributed by atoms with E-state index in [4.69, 9.17) is 0 Å². The molecule has 6 nitrogen and oxygen atoms in total. The Kier molecular flexibility index (Phi) is 5.87. The highest BCUT2D eigenvalue weighted by molar-refractivity contribution is 7.09. The lowest BCUT2D eigenvalue weighted by Gasteiger charge is -2.32. The molecule has 7 heteroatoms. The molecular formula is C22H27N5OS. The molecule has 1 aromatic carbocycles. The number of fused-ring (bicyclic) bond motifs is 1. The Balaban J connectivity index is 1.34. The van der Waals surface area contributed by atoms with E-state index in [-0.39, 0.29) is 11.8 Å². The van der Waals surface area contributed by atoms with Gasteiger partial charge in [-0.25, -0.2) is 15.0 Å². The van der Waals surface area contributed by atoms with Gasteiger partial charge in [-0.15, -0.1) is 11.3 Å². The molecule has 0 N–H and O–H groups in total. The van der Waals surface area contributed by atoms with Crippen LogP contribution in [-0.2, 0) is 17.9 Å². The van der Waals surface area contributed by atoms with E-state index in [0.29, 0.717) is 12.4 Å². The molecule has 3 heterocycles. The highest BCUT2D eigenvalue weighted by atomic mass is 32.1. The lowest BCUT2D eigenvalue weighted by Crippen LogP contribution is -2.41. The zero-order valence-corrected chi connectivity index (χ0v) is 18.1. The summed E-state index contributed by atoms with van der Waals surface area (Å²) in [4.78, 5) is 30.9. The number of hydrogen-bond acceptors (Lipinski definition) is 6. The van der Waals surface area contributed by atoms with Gasteiger partial charge in [0.1, 0.15) is 5.82 Å². The van der Waals surface area contributed by atoms with Crippen LogP contribution >= 0.6 is 11.3 Å². The second-order valence-electron chi connectivity index (χ2n) is 7.84. The van der Waals surface area contributed by atoms with Gasteiger partial charge in [0.15, 0.2) is 0 Å². The normalized spacial score (nSPS) is 15.7. The van der Waals surface area contributed by atoms with Crippen molar-refractivity contribution in [2.24, 2.45) is 5.92 Å². The number of nitrogens with zero attached hydrogens (tertiary/aromatic N) is 5. The lowest BCUT2D eigenvalue weighted by molar-refractivity contribution is -0.136. The van der Waals surface area contributed by atoms with Crippen LogP contribution in [0.2, 0.25) is 0 Å². The first kappa shape index (κ1) is 19.9. The van der Waals surface area contributed by atoms with Gasteiger partial charge in [-0.2, -0.15) is 0 Å². The summed E-state index contributed by atoms with van der Waals surface area (Å²) in [6.45, 7) is 7.23. The van der Waals surface area contributed by atoms with Gasteiger partial charge in [0.05, 0.1) is 22.8 Å². The second kappa shape index (κ2) is 8.55. The molecule has 0 unspecified atom stereocenters. The van der Waals surface area contributed by atoms with E-state index >= 15 is 0 Å². The first-order valence-electron chi connectivity index (χ1n) is 10.1. The molecule has 4 rings (SSSR count). The molecule has 0 radical (unpaired) electrons. The Hall–Kier alpha value is -2.38. The molecule has 0 atom stereocenters. The van der Waals surface area contributed by atoms with E-state index in [2.05, 4.69) is 25.2 Å². The van der Waals surface area contributed by atoms with Crippen molar-refractivity contribution in [3.8, 4) is 0 Å². The zero-order valence-electron chi connectivity index (χ0n) is 17.3. The van der Waals surface area contributed by atoms with Gasteiger partial charge in [0.2, 0.25) is 5.91 Å². The standard InChI is InChI=1S/C22H27N5OS/c1-15-19-6-4-5-7-20(19)25-21(23-15)13-26(3)22(28)17-8-10-27(11-9-17)12-18-14-29-16(2)24-18/h4-7,14,17H,8-13H2,1-3H3. The molecule has 2 aromatic heterocycles. The number of thiazole rings is 1. The maximum atomic E-state index is 13.0. The van der Waals surface area contributed by atoms with Crippen molar-refractivity contribution < 1.29 is 4.79 Å². The number of rotatable bonds is 5. The maximum Gasteiger partial charge on any atom is 0.225 e. The van der Waals surface area contributed by atoms with E-state index in [9.17, 15) is 4.79 Å². The van der Waals surface area contributed by atoms with Gasteiger partial charge in [0.25, 0.3) is 0 Å². The first-order valence-corrected chi connectivity index (χ1v) is 11.0. The Bertz CT molecular complexity index is 1010. The molecule has 0 aliphatic carbocycles. The number of amides is 1. The number of benzene rings is 1. The summed E-state index contributed by atoms with van der Waals surface area (Å²) in [6, 6.07) is 8.00. The Morgan fingerprint density at radius 1 is 1.17 bits per heavy atom. The van der Waals surface area contributed by atoms with E-state index in [0.717, 1.165) is 59.8 Å². The van der Waals surface area contributed by atoms with Crippen molar-refractivity contribution in [1.29, 1.82) is 0 Å². The number of aryl methyl sites for hydroxylation is 2. The average Bonchev–Trinajstić information content (AvgIpc) is 3.12. The van der Waals surface area contributed by atoms with Crippen molar-refractivity contribution in [2.75, 3.05) is 20.1 Å². The quantitative estimate of drug-likeness (QED) is 0.645. The first-order chi connectivity index (χ1) is 14.0. The van der Waals surface area contributed by atoms with Gasteiger partial charge in [-0.1, -0.05) is 18.2 Å². The van der Waals surface area contributed by atoms with Gasteiger partial charge < -0.3 is 4.90 Å². The largest absolute Gasteiger partial charge is 0.338 e. The van der Waals surface area contributed by atoms with E-state index in [1.807, 2.05) is 45.2 Å². The van der Waals surface area contributed by atoms with Crippen LogP contribution in [0.15, 0.2) is 29.6 Å². The molecule has 0 bridgehead atoms. The fraction of sp³-hybridized carbons (Fsp3) is 0.455. The summed E-state index contributed by atoms with van der Waals surface area (Å²) in [5, 5.41) is 4.30. The number of hydrogen-bond donors (Lipinski definition) is 0. The predicted octanol–water partition coefficient (Wildman–Crippen LogP) is 3.57. The number of para-hydroxylation sites is 1. The lowest BCUT2D eigenvalue weighted by atomic mass is 9.95. The summed E-state index contributed by atoms with van der Waals surface area (Å²) in [6.07, 6.45) is 1.79. The van der Waals surface area contributed by atoms with Crippen LogP contribution in [0.1, 0.15) is 35.1 Å². The number of aromatic nitrogens is 3. The van der Waals surface area contributed by atoms with E-state index in [1.165, 1.54) is 0 Å². The molecule has 1 fully saturated rings. The molecule has 1 saturated heterocycles. The topological polar surface area (TPSA) is 62.2 Å². The molecule has 0 spiro atoms. The van der Waals surface area contributed by atoms with Gasteiger partial charge in [0, 0.05) is 36.0 Å². The van der Waals surface area contributed by atoms with Crippen LogP contribution in [0.4, 0.5) is 0 Å². The number of carbonyl (C=O) groups excluding carboxylic acids is 1. The second-order valence-corrected chi connectivity index (χ2v) is 8.91. The Morgan fingerprint density at radius 2 is 1.93 bits per heavy atom. The van der Waals surface area contributed by atoms with Crippen molar-refractivity contribution in [1.82, 2.24) is 24.8 Å². The number of likely N-dealkylation sites (tertiary alicyclic amines) is 1. The molecule has 152 valence electrons. The summed E-state index contributed by atoms with van der Waals surface area (Å²) in [5.74, 6) is 0.979. The fourth-order valence-corrected chi connectivity index (χ4v) is 4.62. The summed E-state index contributed by atoms with van der Waals surface area (Å²) >= 11 is 1.69. The Morgan fingerprint density at radius 3 is 2.66 bits per heavy atom. The van der Waals surface area contributed by atoms with Crippen LogP contribution in [0.5, 0.6) is 0 Å². The van der Waals surface area contributed by atoms with Crippen LogP contribution in [-0.4, -0.2) is 50.8 Å². The zero-order chi connectivity index (χ0) is 20.4. The minimum Gasteiger partial charge on any atom is -0.338 e. The van der Waals surface area contributed by atoms with Crippen LogP contribution in [0, 0.1) is 19.8 Å². The monoisotopic (exact) mass is 409 g/mol. The highest BCUT2D eigenvalue weighted by Gasteiger charge is 2.27. The average molecular weight is 410 g/mol. The van der Waals surface area contributed by atoms with Gasteiger partial charge in [-0.3, -0.25) is 9.69 Å². The van der Waals surface area contributed by atoms with E-state index in [1.54, 1.807) is 16.2 Å². The molecule has 29 heavy (non-hydrogen) atoms. The third-order valence-electron chi connectivity index (χ3n) is 5.58. The number of piperidine rings is 1. The molecular weight excluding hydrogens is 382 g/mol. The van der Waals surface area contributed by atoms with Crippen molar-refractivity contribution >= 4 is 28.1 Å². The maximum absolute atomic E-state index is 13.0. The van der Waals surface area contributed by atoms with Crippen molar-refractivity contribution in [3.05, 3.63) is 51.9 Å². The van der Waals surface area contributed by atoms with Gasteiger partial charge in [-0.05, 0) is 45.8 Å². The molecule has 0 saturated carbocycles. The smallest absolute Gasteiger partial charge is 0.225 e. The third-order valence-corrected chi connectivity index (χ3v) is 6.41. The van der Waals surface area contributed by atoms with Gasteiger partial charge >= 0.3 is 0 Å². The minimum atomic E-state index is 0.0787. The van der Waals surface area contributed by atoms with E-state index < -0.39 is 0 Å². The molecule has 1 amide bonds. The molecule has 3 aromatic rings. The van der Waals surface area contributed by atoms with Crippen LogP contribution in [0.3, 0.4) is 0 Å². The molecule has 1 aliphatic heterocycles. The number of carbonyl (C=O) groups is 1. The SMILES string of the molecule is Cc1nc(CN2CCC(C(=O)N(C)Cc3nc(C)c4ccccc4n3)CC2)cs1. The van der Waals surface area contributed by atoms with Crippen LogP contribution < -0.4 is 0 Å². The summed E-state index contributed by atoms with van der Waals surface area (Å²) in [5.41, 5.74) is 3.02. The summed E-state index contributed by atoms with van der Waals surface area (Å²) in [7, 11) is 1.86. The summed E-state index contributed by atoms with van der Waals surface area (Å²) < 4.78 is 0. The van der Waals surface area contributed by atoms with Crippen molar-refractivity contribution in [3.63, 3.8) is 0 Å². The van der Waals surface area contributed by atoms with Crippen LogP contribution in [0.25, 0.3) is 10.9 Å². The predicted molar refractivity (Wildman–Crippen MR) is 116 cm³/mol. The highest BCUT2D eigenvalue weighted by Crippen LogP contribution is 2.22. The third kappa shape index (κ3) is 4.62.